The molecular weight excluding hydrogens is 596 g/mol. The molecule has 2 aliphatic rings. The number of fused-ring (bicyclic) bond motifs is 1. The van der Waals surface area contributed by atoms with Crippen LogP contribution in [-0.4, -0.2) is 75.8 Å². The highest BCUT2D eigenvalue weighted by molar-refractivity contribution is 8.00. The third-order valence-electron chi connectivity index (χ3n) is 8.56. The molecule has 232 valence electrons. The van der Waals surface area contributed by atoms with E-state index in [2.05, 4.69) is 0 Å². The molecule has 8 nitrogen and oxygen atoms in total. The minimum absolute atomic E-state index is 0.0391. The summed E-state index contributed by atoms with van der Waals surface area (Å²) in [6.07, 6.45) is 0. The van der Waals surface area contributed by atoms with Crippen LogP contribution in [0.2, 0.25) is 0 Å². The second-order valence-electron chi connectivity index (χ2n) is 11.3. The summed E-state index contributed by atoms with van der Waals surface area (Å²) < 4.78 is 31.3. The molecule has 3 aromatic carbocycles. The molecule has 1 fully saturated rings. The number of piperazine rings is 1. The maximum absolute atomic E-state index is 15.5. The summed E-state index contributed by atoms with van der Waals surface area (Å²) in [6.45, 7) is 6.75. The third kappa shape index (κ3) is 5.84. The number of carbonyl (C=O) groups excluding carboxylic acids is 3. The predicted octanol–water partition coefficient (Wildman–Crippen LogP) is 5.29. The molecule has 11 heteroatoms. The van der Waals surface area contributed by atoms with Crippen LogP contribution in [0.1, 0.15) is 34.4 Å². The van der Waals surface area contributed by atoms with E-state index in [0.29, 0.717) is 43.3 Å². The van der Waals surface area contributed by atoms with E-state index in [1.807, 2.05) is 62.4 Å². The molecule has 0 radical (unpaired) electrons. The quantitative estimate of drug-likeness (QED) is 0.300. The molecule has 0 aliphatic carbocycles. The number of amides is 3. The van der Waals surface area contributed by atoms with Gasteiger partial charge in [-0.25, -0.2) is 13.5 Å². The summed E-state index contributed by atoms with van der Waals surface area (Å²) in [7, 11) is 0. The fourth-order valence-corrected chi connectivity index (χ4v) is 7.15. The van der Waals surface area contributed by atoms with Crippen molar-refractivity contribution >= 4 is 35.3 Å². The van der Waals surface area contributed by atoms with Crippen molar-refractivity contribution in [3.63, 3.8) is 0 Å². The molecule has 3 heterocycles. The molecule has 6 rings (SSSR count). The van der Waals surface area contributed by atoms with Crippen LogP contribution in [0.4, 0.5) is 14.6 Å². The Kier molecular flexibility index (Phi) is 8.46. The van der Waals surface area contributed by atoms with Gasteiger partial charge in [-0.1, -0.05) is 48.5 Å². The number of aromatic nitrogens is 2. The molecule has 1 atom stereocenters. The van der Waals surface area contributed by atoms with Crippen LogP contribution in [0.15, 0.2) is 66.7 Å². The number of benzene rings is 3. The van der Waals surface area contributed by atoms with Gasteiger partial charge in [0.15, 0.2) is 0 Å². The summed E-state index contributed by atoms with van der Waals surface area (Å²) in [5.74, 6) is -1.71. The second-order valence-corrected chi connectivity index (χ2v) is 12.4. The van der Waals surface area contributed by atoms with Gasteiger partial charge in [0.25, 0.3) is 0 Å². The predicted molar refractivity (Wildman–Crippen MR) is 170 cm³/mol. The molecule has 0 N–H and O–H groups in total. The number of hydrogen-bond acceptors (Lipinski definition) is 5. The van der Waals surface area contributed by atoms with Gasteiger partial charge in [-0.2, -0.15) is 5.10 Å². The van der Waals surface area contributed by atoms with E-state index in [0.717, 1.165) is 28.4 Å². The topological polar surface area (TPSA) is 78.8 Å². The monoisotopic (exact) mass is 629 g/mol. The summed E-state index contributed by atoms with van der Waals surface area (Å²) in [6, 6.07) is 18.7. The maximum atomic E-state index is 15.5. The lowest BCUT2D eigenvalue weighted by atomic mass is 9.99. The van der Waals surface area contributed by atoms with Gasteiger partial charge in [-0.15, -0.1) is 11.8 Å². The number of rotatable bonds is 5. The number of aryl methyl sites for hydroxylation is 1. The van der Waals surface area contributed by atoms with Gasteiger partial charge in [0, 0.05) is 55.9 Å². The molecule has 1 aromatic heterocycles. The highest BCUT2D eigenvalue weighted by Crippen LogP contribution is 2.49. The van der Waals surface area contributed by atoms with Gasteiger partial charge in [0.05, 0.1) is 22.4 Å². The van der Waals surface area contributed by atoms with Gasteiger partial charge >= 0.3 is 0 Å². The molecule has 2 aliphatic heterocycles. The zero-order valence-corrected chi connectivity index (χ0v) is 26.1. The normalized spacial score (nSPS) is 16.9. The zero-order chi connectivity index (χ0) is 31.8. The third-order valence-corrected chi connectivity index (χ3v) is 9.79. The first-order valence-electron chi connectivity index (χ1n) is 14.8. The Bertz CT molecular complexity index is 1790. The van der Waals surface area contributed by atoms with Crippen molar-refractivity contribution in [3.8, 4) is 16.9 Å². The Morgan fingerprint density at radius 2 is 1.64 bits per heavy atom. The highest BCUT2D eigenvalue weighted by atomic mass is 32.2. The average molecular weight is 630 g/mol. The average Bonchev–Trinajstić information content (AvgIpc) is 3.35. The minimum Gasteiger partial charge on any atom is -0.339 e. The van der Waals surface area contributed by atoms with E-state index in [1.165, 1.54) is 35.7 Å². The van der Waals surface area contributed by atoms with Crippen LogP contribution in [0.3, 0.4) is 0 Å². The highest BCUT2D eigenvalue weighted by Gasteiger charge is 2.39. The number of nitrogens with zero attached hydrogens (tertiary/aromatic N) is 5. The Balaban J connectivity index is 1.56. The van der Waals surface area contributed by atoms with Crippen LogP contribution in [-0.2, 0) is 14.4 Å². The van der Waals surface area contributed by atoms with E-state index in [9.17, 15) is 18.8 Å². The standard InChI is InChI=1S/C34H33F2N5O3S/c1-21-8-7-11-28(22(21)2)41-34-31(32(37-41)24-9-5-4-6-10-24)33(26-13-12-25(35)18-27(26)36)45-20-30(44)40(34)19-29(43)39-16-14-38(15-17-39)23(3)42/h4-13,18,33H,14-17,19-20H2,1-3H3/t33-/m1/s1. The fraction of sp³-hybridized carbons (Fsp3) is 0.294. The number of hydrogen-bond donors (Lipinski definition) is 0. The van der Waals surface area contributed by atoms with Crippen molar-refractivity contribution in [1.82, 2.24) is 19.6 Å². The number of anilines is 1. The molecule has 4 aromatic rings. The summed E-state index contributed by atoms with van der Waals surface area (Å²) in [5, 5.41) is 4.35. The molecule has 0 unspecified atom stereocenters. The molecule has 0 spiro atoms. The molecule has 45 heavy (non-hydrogen) atoms. The van der Waals surface area contributed by atoms with E-state index in [1.54, 1.807) is 14.5 Å². The molecule has 0 saturated carbocycles. The van der Waals surface area contributed by atoms with Crippen LogP contribution in [0.25, 0.3) is 16.9 Å². The van der Waals surface area contributed by atoms with Crippen molar-refractivity contribution in [1.29, 1.82) is 0 Å². The minimum atomic E-state index is -0.725. The van der Waals surface area contributed by atoms with Crippen molar-refractivity contribution in [2.45, 2.75) is 26.0 Å². The van der Waals surface area contributed by atoms with E-state index in [-0.39, 0.29) is 35.6 Å². The fourth-order valence-electron chi connectivity index (χ4n) is 5.93. The molecule has 1 saturated heterocycles. The molecule has 3 amide bonds. The lowest BCUT2D eigenvalue weighted by Crippen LogP contribution is -2.53. The summed E-state index contributed by atoms with van der Waals surface area (Å²) >= 11 is 1.23. The summed E-state index contributed by atoms with van der Waals surface area (Å²) in [4.78, 5) is 44.5. The van der Waals surface area contributed by atoms with E-state index in [4.69, 9.17) is 5.10 Å². The first kappa shape index (κ1) is 30.5. The lowest BCUT2D eigenvalue weighted by molar-refractivity contribution is -0.137. The molecule has 0 bridgehead atoms. The lowest BCUT2D eigenvalue weighted by Gasteiger charge is -2.35. The SMILES string of the molecule is CC(=O)N1CCN(C(=O)CN2C(=O)CS[C@H](c3ccc(F)cc3F)c3c(-c4ccccc4)nn(-c4cccc(C)c4C)c32)CC1. The number of carbonyl (C=O) groups is 3. The van der Waals surface area contributed by atoms with Crippen molar-refractivity contribution in [2.24, 2.45) is 0 Å². The van der Waals surface area contributed by atoms with Gasteiger partial charge < -0.3 is 9.80 Å². The van der Waals surface area contributed by atoms with Crippen LogP contribution in [0.5, 0.6) is 0 Å². The van der Waals surface area contributed by atoms with E-state index < -0.39 is 16.9 Å². The van der Waals surface area contributed by atoms with Crippen molar-refractivity contribution < 1.29 is 23.2 Å². The smallest absolute Gasteiger partial charge is 0.242 e. The summed E-state index contributed by atoms with van der Waals surface area (Å²) in [5.41, 5.74) is 4.75. The van der Waals surface area contributed by atoms with Crippen molar-refractivity contribution in [2.75, 3.05) is 43.4 Å². The Morgan fingerprint density at radius 3 is 2.33 bits per heavy atom. The van der Waals surface area contributed by atoms with Crippen LogP contribution >= 0.6 is 11.8 Å². The maximum Gasteiger partial charge on any atom is 0.242 e. The Morgan fingerprint density at radius 1 is 0.933 bits per heavy atom. The van der Waals surface area contributed by atoms with Crippen LogP contribution in [0, 0.1) is 25.5 Å². The largest absolute Gasteiger partial charge is 0.339 e. The number of halogens is 2. The van der Waals surface area contributed by atoms with Gasteiger partial charge in [-0.3, -0.25) is 19.3 Å². The Hall–Kier alpha value is -4.51. The zero-order valence-electron chi connectivity index (χ0n) is 25.3. The first-order chi connectivity index (χ1) is 21.6. The Labute approximate surface area is 264 Å². The molecular formula is C34H33F2N5O3S. The van der Waals surface area contributed by atoms with Crippen molar-refractivity contribution in [3.05, 3.63) is 101 Å². The first-order valence-corrected chi connectivity index (χ1v) is 15.8. The second kappa shape index (κ2) is 12.5. The van der Waals surface area contributed by atoms with Gasteiger partial charge in [0.1, 0.15) is 24.0 Å². The number of thioether (sulfide) groups is 1. The van der Waals surface area contributed by atoms with Gasteiger partial charge in [0.2, 0.25) is 17.7 Å². The van der Waals surface area contributed by atoms with E-state index >= 15 is 4.39 Å². The van der Waals surface area contributed by atoms with Crippen LogP contribution < -0.4 is 4.90 Å². The van der Waals surface area contributed by atoms with Gasteiger partial charge in [-0.05, 0) is 37.1 Å².